The molecule has 1 N–H and O–H groups in total. The van der Waals surface area contributed by atoms with E-state index in [9.17, 15) is 4.79 Å². The third-order valence-electron chi connectivity index (χ3n) is 4.09. The number of nitrogens with zero attached hydrogens (tertiary/aromatic N) is 1. The number of carbonyl (C=O) groups is 1. The van der Waals surface area contributed by atoms with Gasteiger partial charge in [0.15, 0.2) is 0 Å². The number of hydrogen-bond donors (Lipinski definition) is 1. The number of thioether (sulfide) groups is 1. The van der Waals surface area contributed by atoms with E-state index in [0.717, 1.165) is 17.9 Å². The summed E-state index contributed by atoms with van der Waals surface area (Å²) < 4.78 is 0. The van der Waals surface area contributed by atoms with E-state index in [-0.39, 0.29) is 18.1 Å². The Balaban J connectivity index is 2.16. The van der Waals surface area contributed by atoms with Gasteiger partial charge in [0.1, 0.15) is 6.17 Å². The van der Waals surface area contributed by atoms with Gasteiger partial charge in [0.2, 0.25) is 5.91 Å². The normalized spacial score (nSPS) is 20.1. The molecule has 1 heterocycles. The van der Waals surface area contributed by atoms with Gasteiger partial charge in [-0.05, 0) is 49.8 Å². The molecule has 0 aliphatic carbocycles. The van der Waals surface area contributed by atoms with Gasteiger partial charge in [-0.25, -0.2) is 0 Å². The van der Waals surface area contributed by atoms with E-state index in [4.69, 9.17) is 0 Å². The lowest BCUT2D eigenvalue weighted by atomic mass is 10.0. The molecule has 1 amide bonds. The number of rotatable bonds is 6. The monoisotopic (exact) mass is 306 g/mol. The average molecular weight is 306 g/mol. The fraction of sp³-hybridized carbons (Fsp3) is 0.588. The number of nitrogens with one attached hydrogen (secondary N) is 1. The second kappa shape index (κ2) is 7.32. The summed E-state index contributed by atoms with van der Waals surface area (Å²) >= 11 is 1.94. The maximum atomic E-state index is 12.3. The van der Waals surface area contributed by atoms with Crippen molar-refractivity contribution in [3.8, 4) is 0 Å². The second-order valence-electron chi connectivity index (χ2n) is 5.78. The summed E-state index contributed by atoms with van der Waals surface area (Å²) in [6.07, 6.45) is 1.08. The zero-order chi connectivity index (χ0) is 15.4. The van der Waals surface area contributed by atoms with E-state index in [1.165, 1.54) is 16.7 Å². The van der Waals surface area contributed by atoms with Crippen LogP contribution in [-0.2, 0) is 4.79 Å². The lowest BCUT2D eigenvalue weighted by molar-refractivity contribution is -0.130. The molecule has 1 fully saturated rings. The molecule has 2 rings (SSSR count). The van der Waals surface area contributed by atoms with Gasteiger partial charge in [0.05, 0.1) is 6.54 Å². The highest BCUT2D eigenvalue weighted by atomic mass is 32.2. The minimum absolute atomic E-state index is 0.0275. The fourth-order valence-corrected chi connectivity index (χ4v) is 3.74. The summed E-state index contributed by atoms with van der Waals surface area (Å²) in [5.74, 6) is 2.47. The van der Waals surface area contributed by atoms with E-state index in [0.29, 0.717) is 6.54 Å². The third-order valence-corrected chi connectivity index (χ3v) is 5.02. The Hall–Kier alpha value is -1.00. The summed E-state index contributed by atoms with van der Waals surface area (Å²) in [5.41, 5.74) is 3.74. The van der Waals surface area contributed by atoms with Crippen molar-refractivity contribution >= 4 is 17.7 Å². The second-order valence-corrected chi connectivity index (χ2v) is 7.17. The maximum Gasteiger partial charge on any atom is 0.238 e. The highest BCUT2D eigenvalue weighted by Gasteiger charge is 2.35. The predicted molar refractivity (Wildman–Crippen MR) is 90.6 cm³/mol. The molecular formula is C17H26N2OS. The molecule has 1 aromatic rings. The molecule has 0 spiro atoms. The van der Waals surface area contributed by atoms with Crippen LogP contribution in [0.5, 0.6) is 0 Å². The lowest BCUT2D eigenvalue weighted by Crippen LogP contribution is -2.38. The van der Waals surface area contributed by atoms with Gasteiger partial charge in [-0.1, -0.05) is 30.7 Å². The summed E-state index contributed by atoms with van der Waals surface area (Å²) in [6, 6.07) is 6.75. The van der Waals surface area contributed by atoms with E-state index < -0.39 is 0 Å². The number of benzene rings is 1. The van der Waals surface area contributed by atoms with Crippen LogP contribution in [0, 0.1) is 13.8 Å². The quantitative estimate of drug-likeness (QED) is 0.819. The molecule has 1 aliphatic rings. The Kier molecular flexibility index (Phi) is 5.71. The molecule has 1 aromatic carbocycles. The lowest BCUT2D eigenvalue weighted by Gasteiger charge is -2.31. The van der Waals surface area contributed by atoms with Gasteiger partial charge >= 0.3 is 0 Å². The van der Waals surface area contributed by atoms with Crippen molar-refractivity contribution in [2.45, 2.75) is 46.3 Å². The number of aryl methyl sites for hydroxylation is 2. The van der Waals surface area contributed by atoms with Gasteiger partial charge in [-0.2, -0.15) is 11.8 Å². The largest absolute Gasteiger partial charge is 0.319 e. The van der Waals surface area contributed by atoms with E-state index in [1.807, 2.05) is 16.7 Å². The van der Waals surface area contributed by atoms with Crippen LogP contribution in [0.3, 0.4) is 0 Å². The van der Waals surface area contributed by atoms with Crippen molar-refractivity contribution < 1.29 is 4.79 Å². The number of hydrogen-bond acceptors (Lipinski definition) is 3. The first kappa shape index (κ1) is 16.4. The first-order chi connectivity index (χ1) is 10.0. The van der Waals surface area contributed by atoms with E-state index in [1.54, 1.807) is 0 Å². The standard InChI is InChI=1S/C17H26N2OS/c1-5-21-9-8-14(4)19-16(20)11-18-17(19)15-7-6-12(2)10-13(15)3/h6-7,10,14,17-18H,5,8-9,11H2,1-4H3. The maximum absolute atomic E-state index is 12.3. The summed E-state index contributed by atoms with van der Waals surface area (Å²) in [5, 5.41) is 3.37. The molecule has 2 unspecified atom stereocenters. The first-order valence-electron chi connectivity index (χ1n) is 7.74. The number of carbonyl (C=O) groups excluding carboxylic acids is 1. The van der Waals surface area contributed by atoms with Crippen molar-refractivity contribution in [1.82, 2.24) is 10.2 Å². The minimum atomic E-state index is 0.0275. The van der Waals surface area contributed by atoms with Crippen molar-refractivity contribution in [2.75, 3.05) is 18.1 Å². The molecule has 0 saturated carbocycles. The minimum Gasteiger partial charge on any atom is -0.319 e. The van der Waals surface area contributed by atoms with E-state index in [2.05, 4.69) is 51.2 Å². The van der Waals surface area contributed by atoms with Crippen LogP contribution >= 0.6 is 11.8 Å². The van der Waals surface area contributed by atoms with Gasteiger partial charge in [-0.15, -0.1) is 0 Å². The van der Waals surface area contributed by atoms with Crippen molar-refractivity contribution in [3.05, 3.63) is 34.9 Å². The van der Waals surface area contributed by atoms with Gasteiger partial charge in [-0.3, -0.25) is 10.1 Å². The van der Waals surface area contributed by atoms with Crippen LogP contribution in [0.4, 0.5) is 0 Å². The molecule has 0 aromatic heterocycles. The van der Waals surface area contributed by atoms with Crippen LogP contribution < -0.4 is 5.32 Å². The smallest absolute Gasteiger partial charge is 0.238 e. The Morgan fingerprint density at radius 2 is 2.19 bits per heavy atom. The van der Waals surface area contributed by atoms with Crippen LogP contribution in [0.2, 0.25) is 0 Å². The topological polar surface area (TPSA) is 32.3 Å². The predicted octanol–water partition coefficient (Wildman–Crippen LogP) is 3.27. The molecule has 4 heteroatoms. The van der Waals surface area contributed by atoms with Crippen LogP contribution in [0.1, 0.15) is 43.1 Å². The Morgan fingerprint density at radius 3 is 2.86 bits per heavy atom. The molecule has 21 heavy (non-hydrogen) atoms. The summed E-state index contributed by atoms with van der Waals surface area (Å²) in [6.45, 7) is 9.02. The van der Waals surface area contributed by atoms with E-state index >= 15 is 0 Å². The van der Waals surface area contributed by atoms with Crippen LogP contribution in [-0.4, -0.2) is 34.9 Å². The Morgan fingerprint density at radius 1 is 1.43 bits per heavy atom. The van der Waals surface area contributed by atoms with Gasteiger partial charge in [0, 0.05) is 6.04 Å². The zero-order valence-corrected chi connectivity index (χ0v) is 14.3. The Bertz CT molecular complexity index is 504. The average Bonchev–Trinajstić information content (AvgIpc) is 2.80. The SMILES string of the molecule is CCSCCC(C)N1C(=O)CNC1c1ccc(C)cc1C. The molecule has 1 aliphatic heterocycles. The van der Waals surface area contributed by atoms with Crippen LogP contribution in [0.25, 0.3) is 0 Å². The van der Waals surface area contributed by atoms with Gasteiger partial charge in [0.25, 0.3) is 0 Å². The molecule has 0 bridgehead atoms. The van der Waals surface area contributed by atoms with Crippen molar-refractivity contribution in [3.63, 3.8) is 0 Å². The molecular weight excluding hydrogens is 280 g/mol. The molecule has 2 atom stereocenters. The van der Waals surface area contributed by atoms with Crippen molar-refractivity contribution in [1.29, 1.82) is 0 Å². The molecule has 116 valence electrons. The highest BCUT2D eigenvalue weighted by Crippen LogP contribution is 2.29. The Labute approximate surface area is 132 Å². The van der Waals surface area contributed by atoms with Crippen molar-refractivity contribution in [2.24, 2.45) is 0 Å². The first-order valence-corrected chi connectivity index (χ1v) is 8.89. The van der Waals surface area contributed by atoms with Crippen LogP contribution in [0.15, 0.2) is 18.2 Å². The summed E-state index contributed by atoms with van der Waals surface area (Å²) in [4.78, 5) is 14.3. The van der Waals surface area contributed by atoms with Gasteiger partial charge < -0.3 is 4.90 Å². The summed E-state index contributed by atoms with van der Waals surface area (Å²) in [7, 11) is 0. The zero-order valence-electron chi connectivity index (χ0n) is 13.5. The number of amides is 1. The highest BCUT2D eigenvalue weighted by molar-refractivity contribution is 7.99. The fourth-order valence-electron chi connectivity index (χ4n) is 2.95. The molecule has 1 saturated heterocycles. The molecule has 0 radical (unpaired) electrons. The third kappa shape index (κ3) is 3.80. The molecule has 3 nitrogen and oxygen atoms in total.